The van der Waals surface area contributed by atoms with E-state index < -0.39 is 0 Å². The molecule has 4 atom stereocenters. The second kappa shape index (κ2) is 4.21. The molecule has 5 rings (SSSR count). The van der Waals surface area contributed by atoms with Crippen LogP contribution in [0.5, 0.6) is 0 Å². The van der Waals surface area contributed by atoms with Crippen LogP contribution in [0.1, 0.15) is 74.7 Å². The predicted molar refractivity (Wildman–Crippen MR) is 85.5 cm³/mol. The molecule has 0 radical (unpaired) electrons. The molecule has 1 aromatic heterocycles. The Morgan fingerprint density at radius 3 is 1.62 bits per heavy atom. The molecule has 114 valence electrons. The second-order valence-corrected chi connectivity index (χ2v) is 7.67. The molecule has 3 nitrogen and oxygen atoms in total. The Morgan fingerprint density at radius 2 is 1.14 bits per heavy atom. The van der Waals surface area contributed by atoms with E-state index in [1.165, 1.54) is 74.3 Å². The van der Waals surface area contributed by atoms with Gasteiger partial charge >= 0.3 is 0 Å². The summed E-state index contributed by atoms with van der Waals surface area (Å²) in [4.78, 5) is 5.13. The number of furan rings is 1. The molecule has 21 heavy (non-hydrogen) atoms. The average molecular weight is 286 g/mol. The molecule has 4 aliphatic rings. The largest absolute Gasteiger partial charge is 0.461 e. The first-order valence-corrected chi connectivity index (χ1v) is 8.89. The molecule has 4 unspecified atom stereocenters. The van der Waals surface area contributed by atoms with E-state index in [2.05, 4.69) is 23.9 Å². The van der Waals surface area contributed by atoms with E-state index >= 15 is 0 Å². The third-order valence-corrected chi connectivity index (χ3v) is 6.74. The summed E-state index contributed by atoms with van der Waals surface area (Å²) >= 11 is 0. The molecule has 0 spiro atoms. The summed E-state index contributed by atoms with van der Waals surface area (Å²) in [6, 6.07) is 1.41. The van der Waals surface area contributed by atoms with Crippen molar-refractivity contribution in [1.29, 1.82) is 0 Å². The van der Waals surface area contributed by atoms with Gasteiger partial charge in [0.05, 0.1) is 0 Å². The van der Waals surface area contributed by atoms with Crippen LogP contribution in [0.2, 0.25) is 0 Å². The van der Waals surface area contributed by atoms with Crippen LogP contribution in [0.25, 0.3) is 0 Å². The smallest absolute Gasteiger partial charge is 0.134 e. The average Bonchev–Trinajstić information content (AvgIpc) is 3.12. The third-order valence-electron chi connectivity index (χ3n) is 6.74. The highest BCUT2D eigenvalue weighted by Gasteiger charge is 2.50. The fourth-order valence-corrected chi connectivity index (χ4v) is 5.73. The highest BCUT2D eigenvalue weighted by atomic mass is 16.3. The zero-order valence-corrected chi connectivity index (χ0v) is 13.3. The van der Waals surface area contributed by atoms with E-state index in [1.54, 1.807) is 0 Å². The number of anilines is 2. The predicted octanol–water partition coefficient (Wildman–Crippen LogP) is 4.23. The van der Waals surface area contributed by atoms with Crippen molar-refractivity contribution in [3.8, 4) is 0 Å². The molecule has 2 saturated carbocycles. The minimum atomic E-state index is 0.666. The molecule has 0 amide bonds. The number of hydrogen-bond acceptors (Lipinski definition) is 3. The van der Waals surface area contributed by atoms with Gasteiger partial charge < -0.3 is 14.2 Å². The molecule has 0 saturated heterocycles. The number of hydrogen-bond donors (Lipinski definition) is 0. The standard InChI is InChI=1S/C18H26N2O/c1-19-13-9-5-3-7-11(13)17-15(19)16-18(21-17)12-8-4-6-10-14(12)20(16)2/h11-14H,3-10H2,1-2H3. The van der Waals surface area contributed by atoms with Crippen molar-refractivity contribution in [2.24, 2.45) is 0 Å². The van der Waals surface area contributed by atoms with Crippen LogP contribution >= 0.6 is 0 Å². The number of likely N-dealkylation sites (N-methyl/N-ethyl adjacent to an activating group) is 2. The lowest BCUT2D eigenvalue weighted by Crippen LogP contribution is -2.34. The van der Waals surface area contributed by atoms with Crippen molar-refractivity contribution in [1.82, 2.24) is 0 Å². The Morgan fingerprint density at radius 1 is 0.714 bits per heavy atom. The van der Waals surface area contributed by atoms with Gasteiger partial charge in [0, 0.05) is 38.0 Å². The van der Waals surface area contributed by atoms with Gasteiger partial charge in [0.2, 0.25) is 0 Å². The van der Waals surface area contributed by atoms with Crippen LogP contribution < -0.4 is 9.80 Å². The van der Waals surface area contributed by atoms with Crippen LogP contribution in [0.3, 0.4) is 0 Å². The molecule has 2 aliphatic carbocycles. The van der Waals surface area contributed by atoms with Gasteiger partial charge in [-0.05, 0) is 25.7 Å². The van der Waals surface area contributed by atoms with Crippen molar-refractivity contribution in [3.05, 3.63) is 11.5 Å². The van der Waals surface area contributed by atoms with Gasteiger partial charge in [-0.1, -0.05) is 25.7 Å². The van der Waals surface area contributed by atoms with Gasteiger partial charge in [-0.25, -0.2) is 0 Å². The number of fused-ring (bicyclic) bond motifs is 7. The summed E-state index contributed by atoms with van der Waals surface area (Å²) in [6.45, 7) is 0. The van der Waals surface area contributed by atoms with Gasteiger partial charge in [-0.15, -0.1) is 0 Å². The highest BCUT2D eigenvalue weighted by molar-refractivity contribution is 5.82. The molecule has 3 heterocycles. The van der Waals surface area contributed by atoms with Gasteiger partial charge in [-0.2, -0.15) is 0 Å². The molecule has 0 bridgehead atoms. The molecular formula is C18H26N2O. The maximum Gasteiger partial charge on any atom is 0.134 e. The normalized spacial score (nSPS) is 37.2. The maximum atomic E-state index is 6.56. The number of nitrogens with zero attached hydrogens (tertiary/aromatic N) is 2. The van der Waals surface area contributed by atoms with Crippen LogP contribution in [0.4, 0.5) is 11.4 Å². The monoisotopic (exact) mass is 286 g/mol. The Labute approximate surface area is 127 Å². The van der Waals surface area contributed by atoms with E-state index in [0.29, 0.717) is 23.9 Å². The SMILES string of the molecule is CN1c2c(oc3c2N(C)C2CCCCC32)C2CCCCC21. The molecule has 2 fully saturated rings. The van der Waals surface area contributed by atoms with Gasteiger partial charge in [-0.3, -0.25) is 0 Å². The van der Waals surface area contributed by atoms with Crippen molar-refractivity contribution in [3.63, 3.8) is 0 Å². The zero-order valence-electron chi connectivity index (χ0n) is 13.3. The summed E-state index contributed by atoms with van der Waals surface area (Å²) in [7, 11) is 4.61. The summed E-state index contributed by atoms with van der Waals surface area (Å²) < 4.78 is 6.56. The summed E-state index contributed by atoms with van der Waals surface area (Å²) in [6.07, 6.45) is 10.9. The van der Waals surface area contributed by atoms with Crippen LogP contribution in [0, 0.1) is 0 Å². The summed E-state index contributed by atoms with van der Waals surface area (Å²) in [5.74, 6) is 4.01. The van der Waals surface area contributed by atoms with Gasteiger partial charge in [0.15, 0.2) is 0 Å². The Bertz CT molecular complexity index is 530. The lowest BCUT2D eigenvalue weighted by molar-refractivity contribution is 0.315. The van der Waals surface area contributed by atoms with Crippen LogP contribution in [-0.4, -0.2) is 26.2 Å². The van der Waals surface area contributed by atoms with E-state index in [4.69, 9.17) is 4.42 Å². The molecule has 2 aliphatic heterocycles. The maximum absolute atomic E-state index is 6.56. The van der Waals surface area contributed by atoms with Crippen molar-refractivity contribution < 1.29 is 4.42 Å². The number of rotatable bonds is 0. The summed E-state index contributed by atoms with van der Waals surface area (Å²) in [5.41, 5.74) is 2.91. The first-order valence-electron chi connectivity index (χ1n) is 8.89. The lowest BCUT2D eigenvalue weighted by atomic mass is 9.84. The molecule has 0 aromatic carbocycles. The van der Waals surface area contributed by atoms with E-state index in [0.717, 1.165) is 0 Å². The molecule has 3 heteroatoms. The molecule has 0 N–H and O–H groups in total. The van der Waals surface area contributed by atoms with Crippen molar-refractivity contribution in [2.45, 2.75) is 75.3 Å². The lowest BCUT2D eigenvalue weighted by Gasteiger charge is -2.32. The summed E-state index contributed by atoms with van der Waals surface area (Å²) in [5, 5.41) is 0. The van der Waals surface area contributed by atoms with Crippen molar-refractivity contribution >= 4 is 11.4 Å². The van der Waals surface area contributed by atoms with Gasteiger partial charge in [0.1, 0.15) is 22.9 Å². The van der Waals surface area contributed by atoms with E-state index in [-0.39, 0.29) is 0 Å². The fraction of sp³-hybridized carbons (Fsp3) is 0.778. The Balaban J connectivity index is 1.63. The minimum Gasteiger partial charge on any atom is -0.461 e. The second-order valence-electron chi connectivity index (χ2n) is 7.67. The third kappa shape index (κ3) is 1.45. The van der Waals surface area contributed by atoms with Crippen LogP contribution in [0.15, 0.2) is 4.42 Å². The first-order chi connectivity index (χ1) is 10.3. The first kappa shape index (κ1) is 12.4. The van der Waals surface area contributed by atoms with Gasteiger partial charge in [0.25, 0.3) is 0 Å². The Hall–Kier alpha value is -1.12. The fourth-order valence-electron chi connectivity index (χ4n) is 5.73. The van der Waals surface area contributed by atoms with E-state index in [9.17, 15) is 0 Å². The highest BCUT2D eigenvalue weighted by Crippen LogP contribution is 2.59. The molecule has 1 aromatic rings. The zero-order chi connectivity index (χ0) is 14.1. The van der Waals surface area contributed by atoms with Crippen LogP contribution in [-0.2, 0) is 0 Å². The topological polar surface area (TPSA) is 19.6 Å². The molecular weight excluding hydrogens is 260 g/mol. The van der Waals surface area contributed by atoms with E-state index in [1.807, 2.05) is 0 Å². The van der Waals surface area contributed by atoms with Crippen molar-refractivity contribution in [2.75, 3.05) is 23.9 Å². The minimum absolute atomic E-state index is 0.666. The Kier molecular flexibility index (Phi) is 2.49. The quantitative estimate of drug-likeness (QED) is 0.711.